The number of esters is 1. The zero-order valence-corrected chi connectivity index (χ0v) is 18.2. The van der Waals surface area contributed by atoms with Gasteiger partial charge in [0, 0.05) is 18.8 Å². The third-order valence-corrected chi connectivity index (χ3v) is 6.89. The highest BCUT2D eigenvalue weighted by molar-refractivity contribution is 6.03. The van der Waals surface area contributed by atoms with E-state index in [1.807, 2.05) is 32.0 Å². The minimum atomic E-state index is -1.05. The molecule has 3 saturated heterocycles. The summed E-state index contributed by atoms with van der Waals surface area (Å²) in [4.78, 5) is 41.3. The molecule has 168 valence electrons. The molecule has 3 aliphatic heterocycles. The number of fused-ring (bicyclic) bond motifs is 1. The van der Waals surface area contributed by atoms with E-state index in [0.717, 1.165) is 16.8 Å². The molecule has 2 N–H and O–H groups in total. The molecular formula is C23H30N2O6. The summed E-state index contributed by atoms with van der Waals surface area (Å²) in [5.74, 6) is -2.47. The fraction of sp³-hybridized carbons (Fsp3) is 0.609. The number of ether oxygens (including phenoxy) is 2. The Kier molecular flexibility index (Phi) is 5.79. The van der Waals surface area contributed by atoms with Gasteiger partial charge in [0.15, 0.2) is 0 Å². The molecule has 3 heterocycles. The molecule has 5 atom stereocenters. The standard InChI is InChI=1S/C23H30N2O6/c1-4-30-22(29)16-15-9-10-23(31-15)17(16)21(28)25(11-6-12-26)19(23)20(27)24-18-13(2)7-5-8-14(18)3/h5,7-8,15-17,19,26H,4,6,9-12H2,1-3H3,(H,24,27)/t15-,16+,17+,19-,23+/m0/s1. The summed E-state index contributed by atoms with van der Waals surface area (Å²) < 4.78 is 11.5. The molecule has 4 rings (SSSR count). The molecule has 8 nitrogen and oxygen atoms in total. The van der Waals surface area contributed by atoms with Crippen LogP contribution < -0.4 is 5.32 Å². The average molecular weight is 431 g/mol. The normalized spacial score (nSPS) is 31.1. The van der Waals surface area contributed by atoms with Gasteiger partial charge in [-0.2, -0.15) is 0 Å². The molecule has 8 heteroatoms. The van der Waals surface area contributed by atoms with Crippen LogP contribution in [0.15, 0.2) is 18.2 Å². The predicted molar refractivity (Wildman–Crippen MR) is 112 cm³/mol. The maximum absolute atomic E-state index is 13.6. The molecule has 1 aromatic carbocycles. The zero-order valence-electron chi connectivity index (χ0n) is 18.2. The van der Waals surface area contributed by atoms with Crippen LogP contribution in [-0.4, -0.2) is 65.3 Å². The summed E-state index contributed by atoms with van der Waals surface area (Å²) in [6, 6.07) is 4.90. The van der Waals surface area contributed by atoms with Gasteiger partial charge in [-0.15, -0.1) is 0 Å². The summed E-state index contributed by atoms with van der Waals surface area (Å²) in [5, 5.41) is 12.4. The van der Waals surface area contributed by atoms with Crippen molar-refractivity contribution >= 4 is 23.5 Å². The van der Waals surface area contributed by atoms with E-state index in [1.54, 1.807) is 6.92 Å². The number of anilines is 1. The van der Waals surface area contributed by atoms with Gasteiger partial charge in [-0.25, -0.2) is 0 Å². The monoisotopic (exact) mass is 430 g/mol. The third kappa shape index (κ3) is 3.32. The summed E-state index contributed by atoms with van der Waals surface area (Å²) in [5.41, 5.74) is 1.52. The molecule has 2 amide bonds. The van der Waals surface area contributed by atoms with Gasteiger partial charge in [0.2, 0.25) is 11.8 Å². The predicted octanol–water partition coefficient (Wildman–Crippen LogP) is 1.56. The van der Waals surface area contributed by atoms with E-state index >= 15 is 0 Å². The van der Waals surface area contributed by atoms with Gasteiger partial charge in [-0.3, -0.25) is 14.4 Å². The van der Waals surface area contributed by atoms with Crippen molar-refractivity contribution in [2.24, 2.45) is 11.8 Å². The smallest absolute Gasteiger partial charge is 0.312 e. The minimum Gasteiger partial charge on any atom is -0.466 e. The van der Waals surface area contributed by atoms with Gasteiger partial charge in [-0.1, -0.05) is 18.2 Å². The molecule has 0 radical (unpaired) electrons. The number of nitrogens with zero attached hydrogens (tertiary/aromatic N) is 1. The van der Waals surface area contributed by atoms with Crippen LogP contribution in [0.3, 0.4) is 0 Å². The number of nitrogens with one attached hydrogen (secondary N) is 1. The highest BCUT2D eigenvalue weighted by Gasteiger charge is 2.74. The highest BCUT2D eigenvalue weighted by Crippen LogP contribution is 2.58. The van der Waals surface area contributed by atoms with Crippen molar-refractivity contribution in [1.29, 1.82) is 0 Å². The molecule has 1 aromatic rings. The number of amides is 2. The summed E-state index contributed by atoms with van der Waals surface area (Å²) in [6.07, 6.45) is 1.07. The molecule has 3 fully saturated rings. The van der Waals surface area contributed by atoms with Crippen molar-refractivity contribution in [2.75, 3.05) is 25.1 Å². The minimum absolute atomic E-state index is 0.0997. The molecule has 0 aromatic heterocycles. The fourth-order valence-electron chi connectivity index (χ4n) is 5.64. The topological polar surface area (TPSA) is 105 Å². The molecule has 0 aliphatic carbocycles. The second kappa shape index (κ2) is 8.24. The van der Waals surface area contributed by atoms with Crippen LogP contribution in [0.4, 0.5) is 5.69 Å². The molecule has 1 spiro atoms. The lowest BCUT2D eigenvalue weighted by molar-refractivity contribution is -0.154. The van der Waals surface area contributed by atoms with E-state index in [-0.39, 0.29) is 31.6 Å². The highest BCUT2D eigenvalue weighted by atomic mass is 16.6. The van der Waals surface area contributed by atoms with Crippen LogP contribution in [0.25, 0.3) is 0 Å². The van der Waals surface area contributed by atoms with Crippen molar-refractivity contribution in [1.82, 2.24) is 4.90 Å². The van der Waals surface area contributed by atoms with Crippen LogP contribution in [0.5, 0.6) is 0 Å². The lowest BCUT2D eigenvalue weighted by Crippen LogP contribution is -2.53. The Bertz CT molecular complexity index is 882. The first-order chi connectivity index (χ1) is 14.9. The number of aliphatic hydroxyl groups excluding tert-OH is 1. The van der Waals surface area contributed by atoms with Gasteiger partial charge >= 0.3 is 5.97 Å². The molecule has 3 aliphatic rings. The molecule has 31 heavy (non-hydrogen) atoms. The lowest BCUT2D eigenvalue weighted by Gasteiger charge is -2.33. The van der Waals surface area contributed by atoms with Crippen LogP contribution in [0.2, 0.25) is 0 Å². The maximum atomic E-state index is 13.6. The van der Waals surface area contributed by atoms with Gasteiger partial charge in [0.05, 0.1) is 24.5 Å². The first-order valence-electron chi connectivity index (χ1n) is 11.0. The van der Waals surface area contributed by atoms with E-state index in [9.17, 15) is 19.5 Å². The van der Waals surface area contributed by atoms with Crippen molar-refractivity contribution in [3.63, 3.8) is 0 Å². The van der Waals surface area contributed by atoms with E-state index < -0.39 is 35.6 Å². The van der Waals surface area contributed by atoms with Crippen LogP contribution in [-0.2, 0) is 23.9 Å². The second-order valence-electron chi connectivity index (χ2n) is 8.67. The first kappa shape index (κ1) is 21.8. The number of likely N-dealkylation sites (tertiary alicyclic amines) is 1. The Balaban J connectivity index is 1.70. The number of rotatable bonds is 7. The van der Waals surface area contributed by atoms with Gasteiger partial charge in [0.1, 0.15) is 11.6 Å². The third-order valence-electron chi connectivity index (χ3n) is 6.89. The lowest BCUT2D eigenvalue weighted by atomic mass is 9.70. The Hall–Kier alpha value is -2.45. The van der Waals surface area contributed by atoms with E-state index in [2.05, 4.69) is 5.32 Å². The quantitative estimate of drug-likeness (QED) is 0.636. The number of aryl methyl sites for hydroxylation is 2. The van der Waals surface area contributed by atoms with Crippen LogP contribution >= 0.6 is 0 Å². The Morgan fingerprint density at radius 3 is 2.68 bits per heavy atom. The van der Waals surface area contributed by atoms with Crippen LogP contribution in [0.1, 0.15) is 37.3 Å². The van der Waals surface area contributed by atoms with E-state index in [0.29, 0.717) is 19.3 Å². The number of hydrogen-bond acceptors (Lipinski definition) is 6. The average Bonchev–Trinajstić information content (AvgIpc) is 3.37. The second-order valence-corrected chi connectivity index (χ2v) is 8.67. The van der Waals surface area contributed by atoms with Crippen LogP contribution in [0, 0.1) is 25.7 Å². The largest absolute Gasteiger partial charge is 0.466 e. The van der Waals surface area contributed by atoms with Gasteiger partial charge < -0.3 is 24.8 Å². The number of para-hydroxylation sites is 1. The van der Waals surface area contributed by atoms with Crippen molar-refractivity contribution in [2.45, 2.75) is 57.8 Å². The maximum Gasteiger partial charge on any atom is 0.312 e. The molecule has 2 bridgehead atoms. The Labute approximate surface area is 181 Å². The molecular weight excluding hydrogens is 400 g/mol. The number of aliphatic hydroxyl groups is 1. The summed E-state index contributed by atoms with van der Waals surface area (Å²) in [6.45, 7) is 5.91. The molecule has 0 saturated carbocycles. The van der Waals surface area contributed by atoms with Gasteiger partial charge in [-0.05, 0) is 51.2 Å². The number of carbonyl (C=O) groups excluding carboxylic acids is 3. The number of benzene rings is 1. The summed E-state index contributed by atoms with van der Waals surface area (Å²) >= 11 is 0. The SMILES string of the molecule is CCOC(=O)[C@@H]1[C@@H]2CC[C@]3(O2)[C@H](C(=O)Nc2c(C)cccc2C)N(CCCO)C(=O)[C@@H]13. The number of carbonyl (C=O) groups is 3. The number of hydrogen-bond donors (Lipinski definition) is 2. The van der Waals surface area contributed by atoms with Crippen molar-refractivity contribution in [3.8, 4) is 0 Å². The zero-order chi connectivity index (χ0) is 22.3. The fourth-order valence-corrected chi connectivity index (χ4v) is 5.64. The molecule has 0 unspecified atom stereocenters. The van der Waals surface area contributed by atoms with E-state index in [1.165, 1.54) is 4.90 Å². The Morgan fingerprint density at radius 1 is 1.32 bits per heavy atom. The Morgan fingerprint density at radius 2 is 2.03 bits per heavy atom. The van der Waals surface area contributed by atoms with E-state index in [4.69, 9.17) is 9.47 Å². The van der Waals surface area contributed by atoms with Crippen molar-refractivity contribution in [3.05, 3.63) is 29.3 Å². The summed E-state index contributed by atoms with van der Waals surface area (Å²) in [7, 11) is 0. The first-order valence-corrected chi connectivity index (χ1v) is 11.0. The van der Waals surface area contributed by atoms with Gasteiger partial charge in [0.25, 0.3) is 0 Å². The van der Waals surface area contributed by atoms with Crippen molar-refractivity contribution < 1.29 is 29.0 Å².